The first-order chi connectivity index (χ1) is 8.61. The van der Waals surface area contributed by atoms with Crippen LogP contribution in [0.5, 0.6) is 0 Å². The molecule has 0 aliphatic heterocycles. The monoisotopic (exact) mass is 273 g/mol. The van der Waals surface area contributed by atoms with E-state index in [2.05, 4.69) is 30.5 Å². The SMILES string of the molecule is NOP(=O)(O)COCCc1ncc2[nH]cnc2n1. The minimum Gasteiger partial charge on any atom is -0.368 e. The van der Waals surface area contributed by atoms with E-state index in [1.165, 1.54) is 6.33 Å². The van der Waals surface area contributed by atoms with Crippen LogP contribution >= 0.6 is 7.60 Å². The maximum absolute atomic E-state index is 11.0. The average molecular weight is 273 g/mol. The van der Waals surface area contributed by atoms with Gasteiger partial charge in [0.2, 0.25) is 0 Å². The lowest BCUT2D eigenvalue weighted by atomic mass is 10.4. The molecule has 18 heavy (non-hydrogen) atoms. The summed E-state index contributed by atoms with van der Waals surface area (Å²) in [5.74, 6) is 5.16. The van der Waals surface area contributed by atoms with Crippen LogP contribution in [0.15, 0.2) is 12.5 Å². The summed E-state index contributed by atoms with van der Waals surface area (Å²) >= 11 is 0. The predicted octanol–water partition coefficient (Wildman–Crippen LogP) is -0.0548. The van der Waals surface area contributed by atoms with Gasteiger partial charge in [0.05, 0.1) is 19.1 Å². The quantitative estimate of drug-likeness (QED) is 0.378. The third-order valence-electron chi connectivity index (χ3n) is 2.11. The second kappa shape index (κ2) is 5.51. The van der Waals surface area contributed by atoms with Crippen LogP contribution in [0.2, 0.25) is 0 Å². The Kier molecular flexibility index (Phi) is 4.00. The summed E-state index contributed by atoms with van der Waals surface area (Å²) in [6, 6.07) is 0. The summed E-state index contributed by atoms with van der Waals surface area (Å²) in [7, 11) is -3.83. The van der Waals surface area contributed by atoms with Crippen molar-refractivity contribution in [3.8, 4) is 0 Å². The number of nitrogens with two attached hydrogens (primary N) is 1. The smallest absolute Gasteiger partial charge is 0.368 e. The highest BCUT2D eigenvalue weighted by Gasteiger charge is 2.17. The van der Waals surface area contributed by atoms with Gasteiger partial charge >= 0.3 is 7.60 Å². The van der Waals surface area contributed by atoms with Gasteiger partial charge in [0.25, 0.3) is 0 Å². The van der Waals surface area contributed by atoms with Gasteiger partial charge in [-0.25, -0.2) is 25.5 Å². The van der Waals surface area contributed by atoms with Crippen molar-refractivity contribution in [1.29, 1.82) is 0 Å². The summed E-state index contributed by atoms with van der Waals surface area (Å²) in [5.41, 5.74) is 1.31. The minimum atomic E-state index is -3.83. The number of hydrogen-bond donors (Lipinski definition) is 3. The molecule has 1 unspecified atom stereocenters. The predicted molar refractivity (Wildman–Crippen MR) is 61.3 cm³/mol. The van der Waals surface area contributed by atoms with Gasteiger partial charge in [-0.1, -0.05) is 0 Å². The zero-order chi connectivity index (χ0) is 13.0. The number of hydrogen-bond acceptors (Lipinski definition) is 7. The number of aromatic nitrogens is 4. The van der Waals surface area contributed by atoms with Crippen LogP contribution in [-0.2, 0) is 20.3 Å². The van der Waals surface area contributed by atoms with E-state index in [1.54, 1.807) is 6.20 Å². The second-order valence-corrected chi connectivity index (χ2v) is 5.20. The molecule has 0 radical (unpaired) electrons. The van der Waals surface area contributed by atoms with Gasteiger partial charge < -0.3 is 14.6 Å². The molecule has 9 nitrogen and oxygen atoms in total. The lowest BCUT2D eigenvalue weighted by Crippen LogP contribution is -2.07. The molecule has 2 heterocycles. The molecule has 2 aromatic rings. The average Bonchev–Trinajstić information content (AvgIpc) is 2.82. The number of ether oxygens (including phenoxy) is 1. The Bertz CT molecular complexity index is 573. The Morgan fingerprint density at radius 3 is 3.11 bits per heavy atom. The van der Waals surface area contributed by atoms with Gasteiger partial charge in [0.1, 0.15) is 17.7 Å². The highest BCUT2D eigenvalue weighted by atomic mass is 31.2. The molecule has 0 saturated carbocycles. The first kappa shape index (κ1) is 13.1. The molecule has 0 aliphatic rings. The molecule has 0 bridgehead atoms. The summed E-state index contributed by atoms with van der Waals surface area (Å²) in [6.07, 6.45) is 3.08. The second-order valence-electron chi connectivity index (χ2n) is 3.46. The van der Waals surface area contributed by atoms with Gasteiger partial charge in [0.15, 0.2) is 5.65 Å². The number of aromatic amines is 1. The highest BCUT2D eigenvalue weighted by molar-refractivity contribution is 7.52. The molecule has 1 atom stereocenters. The van der Waals surface area contributed by atoms with Crippen LogP contribution in [0.3, 0.4) is 0 Å². The molecular formula is C8H12N5O4P. The molecule has 0 fully saturated rings. The number of rotatable bonds is 6. The Labute approximate surface area is 102 Å². The van der Waals surface area contributed by atoms with Crippen molar-refractivity contribution < 1.29 is 18.8 Å². The number of nitrogens with one attached hydrogen (secondary N) is 1. The van der Waals surface area contributed by atoms with Crippen LogP contribution in [0.25, 0.3) is 11.2 Å². The first-order valence-corrected chi connectivity index (χ1v) is 6.80. The van der Waals surface area contributed by atoms with E-state index in [-0.39, 0.29) is 6.61 Å². The number of nitrogens with zero attached hydrogens (tertiary/aromatic N) is 3. The zero-order valence-electron chi connectivity index (χ0n) is 9.31. The van der Waals surface area contributed by atoms with Gasteiger partial charge in [-0.05, 0) is 0 Å². The fraction of sp³-hybridized carbons (Fsp3) is 0.375. The topological polar surface area (TPSA) is 136 Å². The van der Waals surface area contributed by atoms with Crippen LogP contribution in [-0.4, -0.2) is 37.8 Å². The van der Waals surface area contributed by atoms with Crippen LogP contribution in [0.1, 0.15) is 5.82 Å². The largest absolute Gasteiger partial charge is 0.369 e. The van der Waals surface area contributed by atoms with Crippen molar-refractivity contribution >= 4 is 18.8 Å². The molecule has 98 valence electrons. The fourth-order valence-corrected chi connectivity index (χ4v) is 1.69. The third-order valence-corrected chi connectivity index (χ3v) is 2.95. The molecule has 2 aromatic heterocycles. The summed E-state index contributed by atoms with van der Waals surface area (Å²) in [5, 5.41) is 0. The fourth-order valence-electron chi connectivity index (χ4n) is 1.27. The first-order valence-electron chi connectivity index (χ1n) is 5.04. The van der Waals surface area contributed by atoms with E-state index in [9.17, 15) is 4.57 Å². The van der Waals surface area contributed by atoms with E-state index >= 15 is 0 Å². The number of imidazole rings is 1. The van der Waals surface area contributed by atoms with Crippen molar-refractivity contribution in [2.75, 3.05) is 13.0 Å². The Morgan fingerprint density at radius 1 is 1.50 bits per heavy atom. The minimum absolute atomic E-state index is 0.184. The molecule has 0 spiro atoms. The zero-order valence-corrected chi connectivity index (χ0v) is 10.2. The molecule has 4 N–H and O–H groups in total. The lowest BCUT2D eigenvalue weighted by Gasteiger charge is -2.07. The molecule has 2 rings (SSSR count). The maximum Gasteiger partial charge on any atom is 0.369 e. The van der Waals surface area contributed by atoms with Gasteiger partial charge in [0, 0.05) is 6.42 Å². The van der Waals surface area contributed by atoms with Gasteiger partial charge in [-0.2, -0.15) is 0 Å². The van der Waals surface area contributed by atoms with Crippen LogP contribution < -0.4 is 5.90 Å². The molecule has 0 aliphatic carbocycles. The molecule has 0 amide bonds. The number of fused-ring (bicyclic) bond motifs is 1. The van der Waals surface area contributed by atoms with E-state index in [0.717, 1.165) is 5.52 Å². The lowest BCUT2D eigenvalue weighted by molar-refractivity contribution is 0.146. The third kappa shape index (κ3) is 3.31. The molecule has 0 aromatic carbocycles. The van der Waals surface area contributed by atoms with Crippen molar-refractivity contribution in [1.82, 2.24) is 19.9 Å². The Balaban J connectivity index is 1.85. The van der Waals surface area contributed by atoms with Crippen molar-refractivity contribution in [3.63, 3.8) is 0 Å². The standard InChI is InChI=1S/C8H12N5O4P/c9-17-18(14,15)5-16-2-1-7-10-3-6-8(13-7)12-4-11-6/h3-4H,1-2,5,9H2,(H,14,15)(H,10,11,12,13). The summed E-state index contributed by atoms with van der Waals surface area (Å²) in [6.45, 7) is 0.184. The van der Waals surface area contributed by atoms with Crippen molar-refractivity contribution in [2.45, 2.75) is 6.42 Å². The van der Waals surface area contributed by atoms with E-state index in [4.69, 9.17) is 9.63 Å². The molecule has 10 heteroatoms. The van der Waals surface area contributed by atoms with E-state index < -0.39 is 13.9 Å². The van der Waals surface area contributed by atoms with E-state index in [0.29, 0.717) is 17.9 Å². The van der Waals surface area contributed by atoms with Crippen molar-refractivity contribution in [3.05, 3.63) is 18.3 Å². The molecule has 0 saturated heterocycles. The normalized spacial score (nSPS) is 14.8. The Hall–Kier alpha value is -1.38. The Morgan fingerprint density at radius 2 is 2.33 bits per heavy atom. The number of H-pyrrole nitrogens is 1. The summed E-state index contributed by atoms with van der Waals surface area (Å²) < 4.78 is 19.8. The van der Waals surface area contributed by atoms with Crippen molar-refractivity contribution in [2.24, 2.45) is 5.90 Å². The maximum atomic E-state index is 11.0. The van der Waals surface area contributed by atoms with Crippen LogP contribution in [0.4, 0.5) is 0 Å². The van der Waals surface area contributed by atoms with Gasteiger partial charge in [-0.15, -0.1) is 0 Å². The van der Waals surface area contributed by atoms with Gasteiger partial charge in [-0.3, -0.25) is 4.57 Å². The van der Waals surface area contributed by atoms with E-state index in [1.807, 2.05) is 0 Å². The van der Waals surface area contributed by atoms with Crippen LogP contribution in [0, 0.1) is 0 Å². The highest BCUT2D eigenvalue weighted by Crippen LogP contribution is 2.38. The summed E-state index contributed by atoms with van der Waals surface area (Å²) in [4.78, 5) is 24.1. The molecular weight excluding hydrogens is 261 g/mol.